The predicted molar refractivity (Wildman–Crippen MR) is 105 cm³/mol. The lowest BCUT2D eigenvalue weighted by Crippen LogP contribution is -2.39. The molecule has 2 aromatic rings. The molecule has 1 atom stereocenters. The summed E-state index contributed by atoms with van der Waals surface area (Å²) < 4.78 is 28.0. The number of hydrogen-bond acceptors (Lipinski definition) is 4. The first-order chi connectivity index (χ1) is 12.8. The average Bonchev–Trinajstić information content (AvgIpc) is 2.61. The molecule has 27 heavy (non-hydrogen) atoms. The fourth-order valence-electron chi connectivity index (χ4n) is 3.67. The van der Waals surface area contributed by atoms with E-state index in [9.17, 15) is 18.6 Å². The molecule has 0 radical (unpaired) electrons. The van der Waals surface area contributed by atoms with E-state index in [0.717, 1.165) is 23.1 Å². The van der Waals surface area contributed by atoms with Crippen LogP contribution in [0.5, 0.6) is 0 Å². The Balaban J connectivity index is 1.76. The summed E-state index contributed by atoms with van der Waals surface area (Å²) in [7, 11) is -3.59. The predicted octanol–water partition coefficient (Wildman–Crippen LogP) is 2.73. The summed E-state index contributed by atoms with van der Waals surface area (Å²) in [4.78, 5) is 0.208. The van der Waals surface area contributed by atoms with E-state index >= 15 is 0 Å². The number of aliphatic hydroxyl groups is 2. The number of benzene rings is 2. The highest BCUT2D eigenvalue weighted by Gasteiger charge is 2.26. The molecule has 1 aliphatic carbocycles. The van der Waals surface area contributed by atoms with Gasteiger partial charge < -0.3 is 10.2 Å². The van der Waals surface area contributed by atoms with E-state index in [1.165, 1.54) is 17.7 Å². The van der Waals surface area contributed by atoms with Crippen molar-refractivity contribution in [3.05, 3.63) is 63.7 Å². The number of rotatable bonds is 6. The lowest BCUT2D eigenvalue weighted by molar-refractivity contribution is -0.0447. The molecule has 0 aromatic heterocycles. The first kappa shape index (κ1) is 20.3. The standard InChI is InChI=1S/C20H24ClNO4S/c1-13-2-3-14-12-16(6-9-19(14)18(13)10-11-20(23)24)22-27(25,26)17-7-4-15(21)5-8-17/h2-5,7-8,16,20,22-24H,6,9-12H2,1H3/t16-/m1/s1. The van der Waals surface area contributed by atoms with Gasteiger partial charge in [-0.05, 0) is 79.1 Å². The van der Waals surface area contributed by atoms with Gasteiger partial charge in [0, 0.05) is 17.5 Å². The van der Waals surface area contributed by atoms with Gasteiger partial charge in [0.1, 0.15) is 0 Å². The first-order valence-electron chi connectivity index (χ1n) is 9.00. The van der Waals surface area contributed by atoms with Crippen molar-refractivity contribution in [3.8, 4) is 0 Å². The van der Waals surface area contributed by atoms with E-state index in [-0.39, 0.29) is 10.9 Å². The van der Waals surface area contributed by atoms with Crippen molar-refractivity contribution in [3.63, 3.8) is 0 Å². The lowest BCUT2D eigenvalue weighted by atomic mass is 9.83. The van der Waals surface area contributed by atoms with Crippen LogP contribution in [0.1, 0.15) is 35.1 Å². The zero-order chi connectivity index (χ0) is 19.6. The molecule has 0 saturated heterocycles. The maximum Gasteiger partial charge on any atom is 0.240 e. The van der Waals surface area contributed by atoms with Crippen molar-refractivity contribution in [2.75, 3.05) is 0 Å². The van der Waals surface area contributed by atoms with Crippen LogP contribution in [0.3, 0.4) is 0 Å². The second kappa shape index (κ2) is 8.29. The number of sulfonamides is 1. The number of halogens is 1. The second-order valence-electron chi connectivity index (χ2n) is 7.03. The van der Waals surface area contributed by atoms with E-state index < -0.39 is 16.3 Å². The molecule has 7 heteroatoms. The van der Waals surface area contributed by atoms with Crippen molar-refractivity contribution in [2.45, 2.75) is 56.3 Å². The second-order valence-corrected chi connectivity index (χ2v) is 9.18. The Morgan fingerprint density at radius 3 is 2.56 bits per heavy atom. The Bertz CT molecular complexity index is 910. The topological polar surface area (TPSA) is 86.6 Å². The normalized spacial score (nSPS) is 17.1. The van der Waals surface area contributed by atoms with E-state index in [1.807, 2.05) is 19.1 Å². The largest absolute Gasteiger partial charge is 0.368 e. The Hall–Kier alpha value is -1.44. The van der Waals surface area contributed by atoms with Crippen molar-refractivity contribution in [2.24, 2.45) is 0 Å². The van der Waals surface area contributed by atoms with Crippen LogP contribution in [0.15, 0.2) is 41.3 Å². The maximum absolute atomic E-state index is 12.6. The van der Waals surface area contributed by atoms with Crippen LogP contribution in [-0.2, 0) is 29.3 Å². The van der Waals surface area contributed by atoms with Crippen LogP contribution in [0.25, 0.3) is 0 Å². The van der Waals surface area contributed by atoms with E-state index in [0.29, 0.717) is 30.7 Å². The Kier molecular flexibility index (Phi) is 6.23. The molecule has 146 valence electrons. The molecule has 0 amide bonds. The number of fused-ring (bicyclic) bond motifs is 1. The van der Waals surface area contributed by atoms with Gasteiger partial charge in [-0.3, -0.25) is 0 Å². The smallest absolute Gasteiger partial charge is 0.240 e. The Labute approximate surface area is 165 Å². The minimum atomic E-state index is -3.59. The van der Waals surface area contributed by atoms with Gasteiger partial charge in [0.25, 0.3) is 0 Å². The molecule has 5 nitrogen and oxygen atoms in total. The summed E-state index contributed by atoms with van der Waals surface area (Å²) in [6.45, 7) is 2.02. The maximum atomic E-state index is 12.6. The van der Waals surface area contributed by atoms with Gasteiger partial charge in [0.05, 0.1) is 4.90 Å². The molecule has 0 fully saturated rings. The van der Waals surface area contributed by atoms with Crippen LogP contribution in [0.4, 0.5) is 0 Å². The molecular weight excluding hydrogens is 386 g/mol. The van der Waals surface area contributed by atoms with Crippen molar-refractivity contribution in [1.82, 2.24) is 4.72 Å². The minimum Gasteiger partial charge on any atom is -0.368 e. The van der Waals surface area contributed by atoms with Gasteiger partial charge in [-0.2, -0.15) is 0 Å². The average molecular weight is 410 g/mol. The zero-order valence-corrected chi connectivity index (χ0v) is 16.7. The van der Waals surface area contributed by atoms with Gasteiger partial charge in [-0.1, -0.05) is 23.7 Å². The molecule has 0 spiro atoms. The summed E-state index contributed by atoms with van der Waals surface area (Å²) in [5, 5.41) is 18.8. The quantitative estimate of drug-likeness (QED) is 0.640. The molecule has 0 bridgehead atoms. The highest BCUT2D eigenvalue weighted by Crippen LogP contribution is 2.29. The van der Waals surface area contributed by atoms with E-state index in [1.54, 1.807) is 12.1 Å². The fourth-order valence-corrected chi connectivity index (χ4v) is 5.07. The highest BCUT2D eigenvalue weighted by molar-refractivity contribution is 7.89. The van der Waals surface area contributed by atoms with Gasteiger partial charge in [0.15, 0.2) is 6.29 Å². The van der Waals surface area contributed by atoms with Crippen LogP contribution < -0.4 is 4.72 Å². The number of aryl methyl sites for hydroxylation is 1. The molecule has 0 aliphatic heterocycles. The Morgan fingerprint density at radius 1 is 1.19 bits per heavy atom. The number of nitrogens with one attached hydrogen (secondary N) is 1. The molecule has 0 saturated carbocycles. The molecule has 0 heterocycles. The first-order valence-corrected chi connectivity index (χ1v) is 10.9. The van der Waals surface area contributed by atoms with Crippen molar-refractivity contribution < 1.29 is 18.6 Å². The third kappa shape index (κ3) is 4.89. The summed E-state index contributed by atoms with van der Waals surface area (Å²) in [5.41, 5.74) is 4.63. The molecular formula is C20H24ClNO4S. The highest BCUT2D eigenvalue weighted by atomic mass is 35.5. The fraction of sp³-hybridized carbons (Fsp3) is 0.400. The molecule has 3 rings (SSSR count). The van der Waals surface area contributed by atoms with Crippen LogP contribution in [0.2, 0.25) is 5.02 Å². The number of hydrogen-bond donors (Lipinski definition) is 3. The van der Waals surface area contributed by atoms with Gasteiger partial charge in [-0.15, -0.1) is 0 Å². The van der Waals surface area contributed by atoms with Crippen molar-refractivity contribution >= 4 is 21.6 Å². The van der Waals surface area contributed by atoms with Crippen LogP contribution in [0, 0.1) is 6.92 Å². The van der Waals surface area contributed by atoms with Gasteiger partial charge in [-0.25, -0.2) is 13.1 Å². The van der Waals surface area contributed by atoms with Crippen LogP contribution >= 0.6 is 11.6 Å². The summed E-state index contributed by atoms with van der Waals surface area (Å²) in [5.74, 6) is 0. The molecule has 0 unspecified atom stereocenters. The van der Waals surface area contributed by atoms with E-state index in [2.05, 4.69) is 4.72 Å². The zero-order valence-electron chi connectivity index (χ0n) is 15.2. The summed E-state index contributed by atoms with van der Waals surface area (Å²) in [6.07, 6.45) is 1.68. The van der Waals surface area contributed by atoms with Crippen molar-refractivity contribution in [1.29, 1.82) is 0 Å². The Morgan fingerprint density at radius 2 is 1.89 bits per heavy atom. The van der Waals surface area contributed by atoms with E-state index in [4.69, 9.17) is 11.6 Å². The lowest BCUT2D eigenvalue weighted by Gasteiger charge is -2.28. The number of aliphatic hydroxyl groups excluding tert-OH is 1. The molecule has 1 aliphatic rings. The third-order valence-electron chi connectivity index (χ3n) is 5.07. The third-order valence-corrected chi connectivity index (χ3v) is 6.86. The van der Waals surface area contributed by atoms with Gasteiger partial charge in [0.2, 0.25) is 10.0 Å². The molecule has 3 N–H and O–H groups in total. The minimum absolute atomic E-state index is 0.169. The van der Waals surface area contributed by atoms with Crippen LogP contribution in [-0.4, -0.2) is 31.0 Å². The monoisotopic (exact) mass is 409 g/mol. The SMILES string of the molecule is Cc1ccc2c(c1CCC(O)O)CC[C@@H](NS(=O)(=O)c1ccc(Cl)cc1)C2. The molecule has 2 aromatic carbocycles. The van der Waals surface area contributed by atoms with Gasteiger partial charge >= 0.3 is 0 Å². The summed E-state index contributed by atoms with van der Waals surface area (Å²) in [6, 6.07) is 10.0. The summed E-state index contributed by atoms with van der Waals surface area (Å²) >= 11 is 5.84.